The van der Waals surface area contributed by atoms with Gasteiger partial charge in [0, 0.05) is 19.1 Å². The van der Waals surface area contributed by atoms with Crippen molar-refractivity contribution in [1.29, 1.82) is 0 Å². The SMILES string of the molecule is CC(N)C1CCN(C(=O)C2CCCCS2)CC1. The summed E-state index contributed by atoms with van der Waals surface area (Å²) in [5.41, 5.74) is 5.92. The van der Waals surface area contributed by atoms with Gasteiger partial charge in [-0.3, -0.25) is 4.79 Å². The third-order valence-corrected chi connectivity index (χ3v) is 5.41. The van der Waals surface area contributed by atoms with E-state index in [2.05, 4.69) is 11.8 Å². The lowest BCUT2D eigenvalue weighted by Crippen LogP contribution is -2.46. The van der Waals surface area contributed by atoms with Crippen molar-refractivity contribution in [2.24, 2.45) is 11.7 Å². The van der Waals surface area contributed by atoms with Crippen molar-refractivity contribution in [3.05, 3.63) is 0 Å². The molecule has 3 nitrogen and oxygen atoms in total. The minimum Gasteiger partial charge on any atom is -0.342 e. The van der Waals surface area contributed by atoms with Gasteiger partial charge in [-0.05, 0) is 44.3 Å². The van der Waals surface area contributed by atoms with Crippen molar-refractivity contribution in [3.8, 4) is 0 Å². The molecule has 0 aliphatic carbocycles. The van der Waals surface area contributed by atoms with Crippen LogP contribution in [0.2, 0.25) is 0 Å². The zero-order chi connectivity index (χ0) is 12.3. The maximum atomic E-state index is 12.3. The first-order valence-corrected chi connectivity index (χ1v) is 7.89. The van der Waals surface area contributed by atoms with Crippen LogP contribution in [0.5, 0.6) is 0 Å². The average Bonchev–Trinajstić information content (AvgIpc) is 2.39. The Labute approximate surface area is 108 Å². The number of piperidine rings is 1. The van der Waals surface area contributed by atoms with Gasteiger partial charge in [-0.1, -0.05) is 6.42 Å². The summed E-state index contributed by atoms with van der Waals surface area (Å²) in [5, 5.41) is 0.246. The quantitative estimate of drug-likeness (QED) is 0.820. The van der Waals surface area contributed by atoms with Crippen LogP contribution in [0.3, 0.4) is 0 Å². The van der Waals surface area contributed by atoms with Crippen molar-refractivity contribution in [3.63, 3.8) is 0 Å². The lowest BCUT2D eigenvalue weighted by molar-refractivity contribution is -0.132. The predicted molar refractivity (Wildman–Crippen MR) is 73.1 cm³/mol. The molecule has 2 rings (SSSR count). The van der Waals surface area contributed by atoms with Crippen LogP contribution >= 0.6 is 11.8 Å². The van der Waals surface area contributed by atoms with Crippen molar-refractivity contribution < 1.29 is 4.79 Å². The molecule has 17 heavy (non-hydrogen) atoms. The maximum Gasteiger partial charge on any atom is 0.235 e. The molecule has 0 aromatic rings. The first-order chi connectivity index (χ1) is 8.18. The van der Waals surface area contributed by atoms with Crippen molar-refractivity contribution in [2.75, 3.05) is 18.8 Å². The summed E-state index contributed by atoms with van der Waals surface area (Å²) in [7, 11) is 0. The van der Waals surface area contributed by atoms with Crippen LogP contribution in [0.25, 0.3) is 0 Å². The highest BCUT2D eigenvalue weighted by Crippen LogP contribution is 2.28. The summed E-state index contributed by atoms with van der Waals surface area (Å²) >= 11 is 1.86. The summed E-state index contributed by atoms with van der Waals surface area (Å²) in [4.78, 5) is 14.4. The van der Waals surface area contributed by atoms with Gasteiger partial charge in [-0.25, -0.2) is 0 Å². The summed E-state index contributed by atoms with van der Waals surface area (Å²) in [6.45, 7) is 3.92. The molecule has 2 saturated heterocycles. The topological polar surface area (TPSA) is 46.3 Å². The van der Waals surface area contributed by atoms with Crippen LogP contribution in [-0.2, 0) is 4.79 Å². The van der Waals surface area contributed by atoms with Crippen molar-refractivity contribution in [1.82, 2.24) is 4.90 Å². The third kappa shape index (κ3) is 3.38. The highest BCUT2D eigenvalue weighted by molar-refractivity contribution is 8.00. The van der Waals surface area contributed by atoms with E-state index in [1.165, 1.54) is 12.8 Å². The van der Waals surface area contributed by atoms with E-state index in [-0.39, 0.29) is 11.3 Å². The lowest BCUT2D eigenvalue weighted by Gasteiger charge is -2.36. The van der Waals surface area contributed by atoms with E-state index in [1.54, 1.807) is 0 Å². The second-order valence-corrected chi connectivity index (χ2v) is 6.69. The normalized spacial score (nSPS) is 29.1. The second kappa shape index (κ2) is 6.10. The fourth-order valence-electron chi connectivity index (χ4n) is 2.78. The number of hydrogen-bond donors (Lipinski definition) is 1. The third-order valence-electron chi connectivity index (χ3n) is 4.05. The smallest absolute Gasteiger partial charge is 0.235 e. The van der Waals surface area contributed by atoms with E-state index in [0.29, 0.717) is 11.8 Å². The Kier molecular flexibility index (Phi) is 4.74. The van der Waals surface area contributed by atoms with Gasteiger partial charge in [0.2, 0.25) is 5.91 Å². The molecule has 0 radical (unpaired) electrons. The van der Waals surface area contributed by atoms with Crippen LogP contribution < -0.4 is 5.73 Å². The Balaban J connectivity index is 1.81. The van der Waals surface area contributed by atoms with Crippen molar-refractivity contribution in [2.45, 2.75) is 50.3 Å². The Hall–Kier alpha value is -0.220. The molecule has 0 aromatic heterocycles. The van der Waals surface area contributed by atoms with E-state index < -0.39 is 0 Å². The van der Waals surface area contributed by atoms with Crippen LogP contribution in [0.4, 0.5) is 0 Å². The van der Waals surface area contributed by atoms with Gasteiger partial charge in [0.15, 0.2) is 0 Å². The minimum atomic E-state index is 0.246. The van der Waals surface area contributed by atoms with Gasteiger partial charge in [0.1, 0.15) is 0 Å². The summed E-state index contributed by atoms with van der Waals surface area (Å²) < 4.78 is 0. The monoisotopic (exact) mass is 256 g/mol. The standard InChI is InChI=1S/C13H24N2OS/c1-10(14)11-5-7-15(8-6-11)13(16)12-4-2-3-9-17-12/h10-12H,2-9,14H2,1H3. The largest absolute Gasteiger partial charge is 0.342 e. The van der Waals surface area contributed by atoms with Crippen LogP contribution in [0.1, 0.15) is 39.0 Å². The Morgan fingerprint density at radius 3 is 2.53 bits per heavy atom. The number of likely N-dealkylation sites (tertiary alicyclic amines) is 1. The molecule has 0 saturated carbocycles. The van der Waals surface area contributed by atoms with E-state index >= 15 is 0 Å². The van der Waals surface area contributed by atoms with Gasteiger partial charge >= 0.3 is 0 Å². The Bertz CT molecular complexity index is 256. The minimum absolute atomic E-state index is 0.246. The number of thioether (sulfide) groups is 1. The molecule has 4 heteroatoms. The van der Waals surface area contributed by atoms with Crippen LogP contribution in [0, 0.1) is 5.92 Å². The Morgan fingerprint density at radius 2 is 2.00 bits per heavy atom. The summed E-state index contributed by atoms with van der Waals surface area (Å²) in [6, 6.07) is 0.274. The highest BCUT2D eigenvalue weighted by Gasteiger charge is 2.30. The lowest BCUT2D eigenvalue weighted by atomic mass is 9.91. The number of nitrogens with two attached hydrogens (primary N) is 1. The van der Waals surface area contributed by atoms with E-state index in [0.717, 1.165) is 38.1 Å². The molecular formula is C13H24N2OS. The number of nitrogens with zero attached hydrogens (tertiary/aromatic N) is 1. The van der Waals surface area contributed by atoms with Crippen LogP contribution in [-0.4, -0.2) is 40.9 Å². The molecule has 2 aliphatic heterocycles. The van der Waals surface area contributed by atoms with Gasteiger partial charge in [0.25, 0.3) is 0 Å². The highest BCUT2D eigenvalue weighted by atomic mass is 32.2. The van der Waals surface area contributed by atoms with Crippen molar-refractivity contribution >= 4 is 17.7 Å². The molecule has 2 fully saturated rings. The summed E-state index contributed by atoms with van der Waals surface area (Å²) in [6.07, 6.45) is 5.75. The molecule has 0 bridgehead atoms. The molecular weight excluding hydrogens is 232 g/mol. The number of amides is 1. The van der Waals surface area contributed by atoms with Gasteiger partial charge in [-0.15, -0.1) is 11.8 Å². The molecule has 98 valence electrons. The van der Waals surface area contributed by atoms with Gasteiger partial charge in [0.05, 0.1) is 5.25 Å². The average molecular weight is 256 g/mol. The number of carbonyl (C=O) groups is 1. The zero-order valence-corrected chi connectivity index (χ0v) is 11.5. The molecule has 2 aliphatic rings. The van der Waals surface area contributed by atoms with E-state index in [1.807, 2.05) is 11.8 Å². The maximum absolute atomic E-state index is 12.3. The predicted octanol–water partition coefficient (Wildman–Crippen LogP) is 1.86. The molecule has 2 heterocycles. The number of rotatable bonds is 2. The zero-order valence-electron chi connectivity index (χ0n) is 10.7. The summed E-state index contributed by atoms with van der Waals surface area (Å²) in [5.74, 6) is 2.16. The first-order valence-electron chi connectivity index (χ1n) is 6.84. The van der Waals surface area contributed by atoms with Gasteiger partial charge < -0.3 is 10.6 Å². The molecule has 2 N–H and O–H groups in total. The first kappa shape index (κ1) is 13.2. The Morgan fingerprint density at radius 1 is 1.29 bits per heavy atom. The molecule has 0 aromatic carbocycles. The molecule has 2 unspecified atom stereocenters. The van der Waals surface area contributed by atoms with Crippen LogP contribution in [0.15, 0.2) is 0 Å². The second-order valence-electron chi connectivity index (χ2n) is 5.38. The molecule has 2 atom stereocenters. The number of hydrogen-bond acceptors (Lipinski definition) is 3. The fraction of sp³-hybridized carbons (Fsp3) is 0.923. The molecule has 0 spiro atoms. The van der Waals surface area contributed by atoms with E-state index in [9.17, 15) is 4.79 Å². The van der Waals surface area contributed by atoms with E-state index in [4.69, 9.17) is 5.73 Å². The fourth-order valence-corrected chi connectivity index (χ4v) is 4.07. The molecule has 1 amide bonds. The van der Waals surface area contributed by atoms with Gasteiger partial charge in [-0.2, -0.15) is 0 Å². The number of carbonyl (C=O) groups excluding carboxylic acids is 1.